The number of nitrogens with zero attached hydrogens (tertiary/aromatic N) is 1. The standard InChI is InChI=1S/C6HF2I4N/c7-2-1-3(9)6(13(11)12)5(10)4(2)8/h1H. The Morgan fingerprint density at radius 2 is 1.69 bits per heavy atom. The van der Waals surface area contributed by atoms with Crippen LogP contribution in [-0.4, -0.2) is 0 Å². The highest BCUT2D eigenvalue weighted by molar-refractivity contribution is 14.2. The quantitative estimate of drug-likeness (QED) is 0.188. The minimum atomic E-state index is -0.799. The molecule has 0 saturated heterocycles. The van der Waals surface area contributed by atoms with Gasteiger partial charge in [-0.15, -0.1) is 0 Å². The van der Waals surface area contributed by atoms with Crippen molar-refractivity contribution in [3.05, 3.63) is 24.8 Å². The third kappa shape index (κ3) is 2.89. The van der Waals surface area contributed by atoms with Crippen molar-refractivity contribution in [2.24, 2.45) is 0 Å². The Morgan fingerprint density at radius 3 is 2.15 bits per heavy atom. The lowest BCUT2D eigenvalue weighted by atomic mass is 10.3. The van der Waals surface area contributed by atoms with E-state index in [1.165, 1.54) is 6.07 Å². The molecule has 0 aliphatic heterocycles. The van der Waals surface area contributed by atoms with Crippen molar-refractivity contribution < 1.29 is 8.78 Å². The van der Waals surface area contributed by atoms with E-state index in [0.29, 0.717) is 12.8 Å². The average molecular weight is 633 g/mol. The van der Waals surface area contributed by atoms with Gasteiger partial charge in [-0.05, 0) is 51.2 Å². The van der Waals surface area contributed by atoms with Crippen molar-refractivity contribution in [2.45, 2.75) is 0 Å². The molecule has 0 unspecified atom stereocenters. The van der Waals surface area contributed by atoms with E-state index < -0.39 is 11.6 Å². The molecule has 0 aromatic heterocycles. The number of benzene rings is 1. The van der Waals surface area contributed by atoms with Crippen molar-refractivity contribution in [3.8, 4) is 0 Å². The molecule has 7 heteroatoms. The van der Waals surface area contributed by atoms with E-state index in [1.54, 1.807) is 23.9 Å². The van der Waals surface area contributed by atoms with Crippen LogP contribution in [-0.2, 0) is 0 Å². The van der Waals surface area contributed by atoms with E-state index in [-0.39, 0.29) is 0 Å². The van der Waals surface area contributed by atoms with Crippen LogP contribution in [0.4, 0.5) is 14.5 Å². The Kier molecular flexibility index (Phi) is 5.17. The van der Waals surface area contributed by atoms with Crippen LogP contribution in [0.15, 0.2) is 6.07 Å². The first-order valence-corrected chi connectivity index (χ1v) is 6.98. The zero-order valence-corrected chi connectivity index (χ0v) is 14.4. The van der Waals surface area contributed by atoms with Gasteiger partial charge in [-0.1, -0.05) is 0 Å². The Balaban J connectivity index is 3.44. The number of hydrogen-bond acceptors (Lipinski definition) is 1. The Bertz CT molecular complexity index is 342. The van der Waals surface area contributed by atoms with Crippen molar-refractivity contribution >= 4 is 96.6 Å². The Labute approximate surface area is 129 Å². The van der Waals surface area contributed by atoms with Crippen LogP contribution in [0.25, 0.3) is 0 Å². The normalized spacial score (nSPS) is 10.3. The zero-order valence-electron chi connectivity index (χ0n) is 5.79. The van der Waals surface area contributed by atoms with Gasteiger partial charge < -0.3 is 0 Å². The van der Waals surface area contributed by atoms with Gasteiger partial charge in [0.15, 0.2) is 11.6 Å². The molecule has 0 N–H and O–H groups in total. The second kappa shape index (κ2) is 5.23. The zero-order chi connectivity index (χ0) is 10.2. The molecule has 0 spiro atoms. The molecule has 13 heavy (non-hydrogen) atoms. The molecule has 0 fully saturated rings. The van der Waals surface area contributed by atoms with E-state index in [4.69, 9.17) is 0 Å². The molecule has 1 aromatic rings. The van der Waals surface area contributed by atoms with Crippen LogP contribution in [0, 0.1) is 18.8 Å². The third-order valence-electron chi connectivity index (χ3n) is 1.26. The number of hydrogen-bond donors (Lipinski definition) is 0. The highest BCUT2D eigenvalue weighted by Crippen LogP contribution is 2.35. The van der Waals surface area contributed by atoms with Gasteiger partial charge in [-0.3, -0.25) is 1.33 Å². The minimum absolute atomic E-state index is 0.311. The van der Waals surface area contributed by atoms with Crippen LogP contribution in [0.2, 0.25) is 0 Å². The van der Waals surface area contributed by atoms with Crippen molar-refractivity contribution in [1.29, 1.82) is 0 Å². The lowest BCUT2D eigenvalue weighted by molar-refractivity contribution is 0.503. The van der Waals surface area contributed by atoms with E-state index in [9.17, 15) is 8.78 Å². The SMILES string of the molecule is Fc1cc(I)c(N(I)I)c(I)c1F. The Morgan fingerprint density at radius 1 is 1.15 bits per heavy atom. The smallest absolute Gasteiger partial charge is 0.174 e. The van der Waals surface area contributed by atoms with Gasteiger partial charge in [0.05, 0.1) is 55.0 Å². The Hall–Kier alpha value is 1.80. The van der Waals surface area contributed by atoms with E-state index >= 15 is 0 Å². The van der Waals surface area contributed by atoms with Gasteiger partial charge in [0, 0.05) is 3.57 Å². The molecular formula is C6HF2I4N. The summed E-state index contributed by atoms with van der Waals surface area (Å²) in [6.07, 6.45) is 0. The summed E-state index contributed by atoms with van der Waals surface area (Å²) < 4.78 is 28.7. The summed E-state index contributed by atoms with van der Waals surface area (Å²) in [6.45, 7) is 0. The van der Waals surface area contributed by atoms with Gasteiger partial charge in [0.2, 0.25) is 0 Å². The topological polar surface area (TPSA) is 3.24 Å². The number of rotatable bonds is 1. The minimum Gasteiger partial charge on any atom is -0.253 e. The first-order chi connectivity index (χ1) is 5.95. The summed E-state index contributed by atoms with van der Waals surface area (Å²) in [5, 5.41) is 0. The highest BCUT2D eigenvalue weighted by atomic mass is 127. The van der Waals surface area contributed by atoms with Gasteiger partial charge in [0.1, 0.15) is 0 Å². The summed E-state index contributed by atoms with van der Waals surface area (Å²) in [4.78, 5) is 0. The first-order valence-electron chi connectivity index (χ1n) is 2.89. The van der Waals surface area contributed by atoms with Gasteiger partial charge >= 0.3 is 0 Å². The second-order valence-corrected chi connectivity index (χ2v) is 8.07. The second-order valence-electron chi connectivity index (χ2n) is 2.05. The molecule has 0 heterocycles. The summed E-state index contributed by atoms with van der Waals surface area (Å²) in [6, 6.07) is 1.19. The monoisotopic (exact) mass is 633 g/mol. The van der Waals surface area contributed by atoms with Gasteiger partial charge in [-0.25, -0.2) is 8.78 Å². The summed E-state index contributed by atoms with van der Waals surface area (Å²) >= 11 is 7.80. The van der Waals surface area contributed by atoms with Gasteiger partial charge in [0.25, 0.3) is 0 Å². The molecule has 1 nitrogen and oxygen atoms in total. The van der Waals surface area contributed by atoms with E-state index in [1.807, 2.05) is 68.3 Å². The van der Waals surface area contributed by atoms with E-state index in [2.05, 4.69) is 0 Å². The lowest BCUT2D eigenvalue weighted by Crippen LogP contribution is -2.01. The molecule has 0 bridgehead atoms. The van der Waals surface area contributed by atoms with Gasteiger partial charge in [-0.2, -0.15) is 0 Å². The van der Waals surface area contributed by atoms with Crippen LogP contribution >= 0.6 is 90.9 Å². The molecule has 0 radical (unpaired) electrons. The summed E-state index contributed by atoms with van der Waals surface area (Å²) in [5.74, 6) is -1.58. The average Bonchev–Trinajstić information content (AvgIpc) is 1.99. The van der Waals surface area contributed by atoms with Crippen LogP contribution < -0.4 is 1.33 Å². The predicted molar refractivity (Wildman–Crippen MR) is 82.3 cm³/mol. The summed E-state index contributed by atoms with van der Waals surface area (Å²) in [7, 11) is 0. The maximum absolute atomic E-state index is 13.1. The molecular weight excluding hydrogens is 632 g/mol. The fourth-order valence-electron chi connectivity index (χ4n) is 0.712. The molecule has 0 aliphatic rings. The highest BCUT2D eigenvalue weighted by Gasteiger charge is 2.17. The predicted octanol–water partition coefficient (Wildman–Crippen LogP) is 4.68. The molecule has 72 valence electrons. The first kappa shape index (κ1) is 12.9. The van der Waals surface area contributed by atoms with Crippen molar-refractivity contribution in [3.63, 3.8) is 0 Å². The maximum atomic E-state index is 13.1. The van der Waals surface area contributed by atoms with Crippen molar-refractivity contribution in [1.82, 2.24) is 0 Å². The molecule has 1 aromatic carbocycles. The summed E-state index contributed by atoms with van der Waals surface area (Å²) in [5.41, 5.74) is 0.696. The maximum Gasteiger partial charge on any atom is 0.174 e. The molecule has 0 atom stereocenters. The largest absolute Gasteiger partial charge is 0.253 e. The van der Waals surface area contributed by atoms with Crippen LogP contribution in [0.3, 0.4) is 0 Å². The lowest BCUT2D eigenvalue weighted by Gasteiger charge is -2.12. The van der Waals surface area contributed by atoms with Crippen LogP contribution in [0.5, 0.6) is 0 Å². The molecule has 0 aliphatic carbocycles. The fourth-order valence-corrected chi connectivity index (χ4v) is 5.65. The van der Waals surface area contributed by atoms with Crippen molar-refractivity contribution in [2.75, 3.05) is 1.33 Å². The molecule has 0 saturated carbocycles. The molecule has 0 amide bonds. The fraction of sp³-hybridized carbons (Fsp3) is 0. The van der Waals surface area contributed by atoms with Crippen LogP contribution in [0.1, 0.15) is 0 Å². The third-order valence-corrected chi connectivity index (χ3v) is 4.03. The number of anilines is 1. The van der Waals surface area contributed by atoms with E-state index in [0.717, 1.165) is 0 Å². The number of halogens is 6. The molecule has 1 rings (SSSR count).